The van der Waals surface area contributed by atoms with E-state index in [0.29, 0.717) is 36.3 Å². The van der Waals surface area contributed by atoms with Crippen LogP contribution in [0.2, 0.25) is 0 Å². The number of aromatic nitrogens is 3. The average Bonchev–Trinajstić information content (AvgIpc) is 3.70. The van der Waals surface area contributed by atoms with Crippen LogP contribution in [0.5, 0.6) is 0 Å². The minimum atomic E-state index is -3.31. The van der Waals surface area contributed by atoms with E-state index < -0.39 is 17.8 Å². The Hall–Kier alpha value is -2.23. The molecule has 1 amide bonds. The van der Waals surface area contributed by atoms with Gasteiger partial charge in [-0.1, -0.05) is 25.7 Å². The van der Waals surface area contributed by atoms with Crippen molar-refractivity contribution in [2.75, 3.05) is 0 Å². The zero-order valence-corrected chi connectivity index (χ0v) is 18.8. The van der Waals surface area contributed by atoms with E-state index in [-0.39, 0.29) is 31.7 Å². The summed E-state index contributed by atoms with van der Waals surface area (Å²) in [5.41, 5.74) is 7.36. The van der Waals surface area contributed by atoms with Crippen LogP contribution in [0.4, 0.5) is 17.6 Å². The first-order chi connectivity index (χ1) is 15.7. The molecule has 3 fully saturated rings. The van der Waals surface area contributed by atoms with Gasteiger partial charge in [-0.3, -0.25) is 4.79 Å². The highest BCUT2D eigenvalue weighted by Gasteiger charge is 2.43. The molecule has 0 radical (unpaired) electrons. The third-order valence-electron chi connectivity index (χ3n) is 5.60. The van der Waals surface area contributed by atoms with Crippen molar-refractivity contribution in [3.8, 4) is 0 Å². The number of halogens is 4. The van der Waals surface area contributed by atoms with E-state index in [1.54, 1.807) is 16.8 Å². The molecule has 3 saturated carbocycles. The van der Waals surface area contributed by atoms with Gasteiger partial charge in [0.2, 0.25) is 5.92 Å². The standard InChI is InChI=1S/C14H17F2N5O.C6H10F2.C3H6/c15-14(16,4-9-1-2-9)13(22)18-6-10-3-12-20-11(5-17)8-21(12)19-7-10;7-6(8)4-2-1-3-5-6;1-2-3-1/h3,7-9H,1-2,4-6,17H2,(H,18,22);1-5H2;1-3H2. The SMILES string of the molecule is C1CC1.FC1(F)CCCCC1.NCc1cn2ncc(CNC(=O)C(F)(F)CC3CC3)cc2n1. The predicted octanol–water partition coefficient (Wildman–Crippen LogP) is 5.00. The number of rotatable bonds is 6. The summed E-state index contributed by atoms with van der Waals surface area (Å²) < 4.78 is 53.3. The van der Waals surface area contributed by atoms with Crippen LogP contribution in [-0.4, -0.2) is 32.4 Å². The molecule has 0 bridgehead atoms. The lowest BCUT2D eigenvalue weighted by Crippen LogP contribution is -2.40. The zero-order valence-electron chi connectivity index (χ0n) is 18.8. The van der Waals surface area contributed by atoms with E-state index in [0.717, 1.165) is 19.3 Å². The van der Waals surface area contributed by atoms with Crippen molar-refractivity contribution in [3.05, 3.63) is 29.7 Å². The molecule has 2 aromatic rings. The van der Waals surface area contributed by atoms with Gasteiger partial charge in [0.05, 0.1) is 18.1 Å². The molecule has 5 rings (SSSR count). The van der Waals surface area contributed by atoms with Gasteiger partial charge in [0.15, 0.2) is 5.65 Å². The maximum Gasteiger partial charge on any atom is 0.324 e. The molecule has 3 N–H and O–H groups in total. The Morgan fingerprint density at radius 1 is 1.15 bits per heavy atom. The first kappa shape index (κ1) is 25.4. The second-order valence-corrected chi connectivity index (χ2v) is 9.11. The number of amides is 1. The minimum absolute atomic E-state index is 0.00654. The highest BCUT2D eigenvalue weighted by molar-refractivity contribution is 5.83. The Balaban J connectivity index is 0.000000228. The summed E-state index contributed by atoms with van der Waals surface area (Å²) in [6.45, 7) is 0.288. The average molecular weight is 472 g/mol. The molecule has 3 aliphatic carbocycles. The van der Waals surface area contributed by atoms with Crippen molar-refractivity contribution in [1.29, 1.82) is 0 Å². The van der Waals surface area contributed by atoms with Crippen molar-refractivity contribution < 1.29 is 22.4 Å². The van der Waals surface area contributed by atoms with Gasteiger partial charge in [0.25, 0.3) is 5.91 Å². The minimum Gasteiger partial charge on any atom is -0.347 e. The first-order valence-electron chi connectivity index (χ1n) is 11.8. The molecule has 0 atom stereocenters. The normalized spacial score (nSPS) is 19.1. The number of imidazole rings is 1. The van der Waals surface area contributed by atoms with Gasteiger partial charge in [-0.2, -0.15) is 13.9 Å². The monoisotopic (exact) mass is 471 g/mol. The van der Waals surface area contributed by atoms with Crippen LogP contribution in [0.3, 0.4) is 0 Å². The Bertz CT molecular complexity index is 901. The smallest absolute Gasteiger partial charge is 0.324 e. The van der Waals surface area contributed by atoms with Crippen LogP contribution < -0.4 is 11.1 Å². The van der Waals surface area contributed by atoms with Crippen LogP contribution in [0.1, 0.15) is 81.9 Å². The molecule has 2 aromatic heterocycles. The molecule has 10 heteroatoms. The number of carbonyl (C=O) groups excluding carboxylic acids is 1. The molecular weight excluding hydrogens is 438 g/mol. The van der Waals surface area contributed by atoms with Crippen LogP contribution in [-0.2, 0) is 17.9 Å². The van der Waals surface area contributed by atoms with Crippen LogP contribution in [0.15, 0.2) is 18.5 Å². The number of carbonyl (C=O) groups is 1. The van der Waals surface area contributed by atoms with E-state index in [1.165, 1.54) is 25.5 Å². The molecule has 3 aliphatic rings. The molecule has 0 aromatic carbocycles. The number of fused-ring (bicyclic) bond motifs is 1. The van der Waals surface area contributed by atoms with Gasteiger partial charge in [-0.05, 0) is 43.2 Å². The fourth-order valence-corrected chi connectivity index (χ4v) is 3.32. The van der Waals surface area contributed by atoms with Gasteiger partial charge in [-0.25, -0.2) is 18.3 Å². The van der Waals surface area contributed by atoms with Crippen LogP contribution >= 0.6 is 0 Å². The van der Waals surface area contributed by atoms with E-state index in [1.807, 2.05) is 0 Å². The second-order valence-electron chi connectivity index (χ2n) is 9.11. The molecule has 6 nitrogen and oxygen atoms in total. The Kier molecular flexibility index (Phi) is 8.67. The lowest BCUT2D eigenvalue weighted by atomic mass is 9.97. The van der Waals surface area contributed by atoms with Crippen LogP contribution in [0.25, 0.3) is 5.65 Å². The van der Waals surface area contributed by atoms with Crippen molar-refractivity contribution in [2.45, 2.75) is 95.6 Å². The Morgan fingerprint density at radius 3 is 2.30 bits per heavy atom. The number of hydrogen-bond donors (Lipinski definition) is 2. The molecule has 0 unspecified atom stereocenters. The van der Waals surface area contributed by atoms with Gasteiger partial charge in [0, 0.05) is 32.4 Å². The number of hydrogen-bond acceptors (Lipinski definition) is 4. The Labute approximate surface area is 191 Å². The molecule has 0 aliphatic heterocycles. The maximum absolute atomic E-state index is 13.7. The molecule has 0 saturated heterocycles. The number of nitrogens with one attached hydrogen (secondary N) is 1. The van der Waals surface area contributed by atoms with Crippen molar-refractivity contribution >= 4 is 11.6 Å². The summed E-state index contributed by atoms with van der Waals surface area (Å²) >= 11 is 0. The summed E-state index contributed by atoms with van der Waals surface area (Å²) in [5, 5.41) is 6.38. The van der Waals surface area contributed by atoms with Crippen molar-refractivity contribution in [2.24, 2.45) is 11.7 Å². The highest BCUT2D eigenvalue weighted by atomic mass is 19.3. The molecular formula is C23H33F4N5O. The fourth-order valence-electron chi connectivity index (χ4n) is 3.32. The third-order valence-corrected chi connectivity index (χ3v) is 5.60. The van der Waals surface area contributed by atoms with E-state index in [4.69, 9.17) is 5.73 Å². The first-order valence-corrected chi connectivity index (χ1v) is 11.8. The van der Waals surface area contributed by atoms with Gasteiger partial charge < -0.3 is 11.1 Å². The second kappa shape index (κ2) is 11.3. The van der Waals surface area contributed by atoms with Gasteiger partial charge in [0.1, 0.15) is 0 Å². The predicted molar refractivity (Wildman–Crippen MR) is 117 cm³/mol. The summed E-state index contributed by atoms with van der Waals surface area (Å²) in [5.74, 6) is -6.87. The summed E-state index contributed by atoms with van der Waals surface area (Å²) in [4.78, 5) is 15.8. The highest BCUT2D eigenvalue weighted by Crippen LogP contribution is 2.39. The summed E-state index contributed by atoms with van der Waals surface area (Å²) in [6.07, 6.45) is 11.6. The quantitative estimate of drug-likeness (QED) is 0.581. The lowest BCUT2D eigenvalue weighted by molar-refractivity contribution is -0.147. The zero-order chi connectivity index (χ0) is 23.9. The van der Waals surface area contributed by atoms with E-state index >= 15 is 0 Å². The summed E-state index contributed by atoms with van der Waals surface area (Å²) in [7, 11) is 0. The van der Waals surface area contributed by atoms with E-state index in [2.05, 4.69) is 15.4 Å². The molecule has 2 heterocycles. The van der Waals surface area contributed by atoms with E-state index in [9.17, 15) is 22.4 Å². The number of nitrogens with zero attached hydrogens (tertiary/aromatic N) is 3. The molecule has 0 spiro atoms. The van der Waals surface area contributed by atoms with Crippen molar-refractivity contribution in [3.63, 3.8) is 0 Å². The topological polar surface area (TPSA) is 85.3 Å². The van der Waals surface area contributed by atoms with Crippen LogP contribution in [0, 0.1) is 5.92 Å². The van der Waals surface area contributed by atoms with Gasteiger partial charge in [-0.15, -0.1) is 0 Å². The number of alkyl halides is 4. The summed E-state index contributed by atoms with van der Waals surface area (Å²) in [6, 6.07) is 1.69. The molecule has 184 valence electrons. The lowest BCUT2D eigenvalue weighted by Gasteiger charge is -2.20. The number of nitrogens with two attached hydrogens (primary N) is 1. The Morgan fingerprint density at radius 2 is 1.79 bits per heavy atom. The maximum atomic E-state index is 13.7. The third kappa shape index (κ3) is 8.91. The molecule has 33 heavy (non-hydrogen) atoms. The fraction of sp³-hybridized carbons (Fsp3) is 0.696. The van der Waals surface area contributed by atoms with Crippen molar-refractivity contribution in [1.82, 2.24) is 19.9 Å². The van der Waals surface area contributed by atoms with Gasteiger partial charge >= 0.3 is 5.92 Å². The largest absolute Gasteiger partial charge is 0.347 e.